The van der Waals surface area contributed by atoms with Crippen LogP contribution in [0.5, 0.6) is 5.75 Å². The minimum Gasteiger partial charge on any atom is -0.493 e. The van der Waals surface area contributed by atoms with Crippen molar-refractivity contribution in [2.45, 2.75) is 11.6 Å². The van der Waals surface area contributed by atoms with E-state index in [0.29, 0.717) is 13.0 Å². The van der Waals surface area contributed by atoms with E-state index in [1.807, 2.05) is 24.3 Å². The summed E-state index contributed by atoms with van der Waals surface area (Å²) < 4.78 is 7.22. The Morgan fingerprint density at radius 2 is 2.16 bits per heavy atom. The van der Waals surface area contributed by atoms with Crippen LogP contribution in [0.4, 0.5) is 0 Å². The van der Waals surface area contributed by atoms with E-state index in [1.165, 1.54) is 0 Å². The van der Waals surface area contributed by atoms with Gasteiger partial charge in [-0.15, -0.1) is 5.10 Å². The summed E-state index contributed by atoms with van der Waals surface area (Å²) in [5.41, 5.74) is 0.995. The Kier molecular flexibility index (Phi) is 4.75. The lowest BCUT2D eigenvalue weighted by molar-refractivity contribution is 0.343. The first kappa shape index (κ1) is 13.4. The maximum absolute atomic E-state index is 8.57. The molecule has 98 valence electrons. The van der Waals surface area contributed by atoms with Crippen molar-refractivity contribution in [3.63, 3.8) is 0 Å². The van der Waals surface area contributed by atoms with Gasteiger partial charge in [0, 0.05) is 12.8 Å². The molecule has 19 heavy (non-hydrogen) atoms. The van der Waals surface area contributed by atoms with Crippen molar-refractivity contribution in [3.05, 3.63) is 29.8 Å². The monoisotopic (exact) mass is 275 g/mol. The summed E-state index contributed by atoms with van der Waals surface area (Å²) >= 11 is 1.54. The molecule has 1 heterocycles. The van der Waals surface area contributed by atoms with E-state index < -0.39 is 0 Å². The molecule has 0 atom stereocenters. The predicted molar refractivity (Wildman–Crippen MR) is 70.8 cm³/mol. The molecule has 0 amide bonds. The molecular formula is C12H13N5OS. The van der Waals surface area contributed by atoms with Gasteiger partial charge in [0.2, 0.25) is 5.16 Å². The first-order valence-electron chi connectivity index (χ1n) is 5.73. The second-order valence-corrected chi connectivity index (χ2v) is 4.82. The minimum atomic E-state index is 0.426. The number of hydrogen-bond donors (Lipinski definition) is 0. The van der Waals surface area contributed by atoms with E-state index in [1.54, 1.807) is 23.5 Å². The Hall–Kier alpha value is -2.07. The van der Waals surface area contributed by atoms with Crippen molar-refractivity contribution in [1.29, 1.82) is 5.26 Å². The molecule has 0 saturated heterocycles. The van der Waals surface area contributed by atoms with E-state index in [9.17, 15) is 0 Å². The van der Waals surface area contributed by atoms with Crippen molar-refractivity contribution < 1.29 is 4.74 Å². The van der Waals surface area contributed by atoms with Gasteiger partial charge in [-0.25, -0.2) is 4.68 Å². The molecule has 0 aliphatic heterocycles. The lowest BCUT2D eigenvalue weighted by Crippen LogP contribution is -2.02. The molecule has 2 rings (SSSR count). The summed E-state index contributed by atoms with van der Waals surface area (Å²) in [6, 6.07) is 9.67. The average molecular weight is 275 g/mol. The van der Waals surface area contributed by atoms with E-state index >= 15 is 0 Å². The van der Waals surface area contributed by atoms with E-state index in [-0.39, 0.29) is 0 Å². The predicted octanol–water partition coefficient (Wildman–Crippen LogP) is 1.45. The number of hydrogen-bond acceptors (Lipinski definition) is 6. The SMILES string of the molecule is Cn1nnnc1SCCOc1ccc(CC#N)cc1. The van der Waals surface area contributed by atoms with Crippen LogP contribution < -0.4 is 4.74 Å². The first-order valence-corrected chi connectivity index (χ1v) is 6.72. The van der Waals surface area contributed by atoms with Crippen LogP contribution in [0, 0.1) is 11.3 Å². The highest BCUT2D eigenvalue weighted by molar-refractivity contribution is 7.99. The summed E-state index contributed by atoms with van der Waals surface area (Å²) in [4.78, 5) is 0. The molecule has 0 fully saturated rings. The van der Waals surface area contributed by atoms with E-state index in [4.69, 9.17) is 10.00 Å². The molecule has 0 radical (unpaired) electrons. The van der Waals surface area contributed by atoms with Crippen molar-refractivity contribution in [1.82, 2.24) is 20.2 Å². The van der Waals surface area contributed by atoms with Crippen molar-refractivity contribution >= 4 is 11.8 Å². The maximum Gasteiger partial charge on any atom is 0.209 e. The lowest BCUT2D eigenvalue weighted by atomic mass is 10.2. The number of rotatable bonds is 6. The molecule has 0 N–H and O–H groups in total. The Morgan fingerprint density at radius 3 is 2.79 bits per heavy atom. The summed E-state index contributed by atoms with van der Waals surface area (Å²) in [6.07, 6.45) is 0.426. The van der Waals surface area contributed by atoms with Crippen LogP contribution in [0.15, 0.2) is 29.4 Å². The van der Waals surface area contributed by atoms with Crippen LogP contribution in [0.1, 0.15) is 5.56 Å². The molecule has 7 heteroatoms. The first-order chi connectivity index (χ1) is 9.29. The fourth-order valence-corrected chi connectivity index (χ4v) is 2.10. The highest BCUT2D eigenvalue weighted by atomic mass is 32.2. The molecular weight excluding hydrogens is 262 g/mol. The fourth-order valence-electron chi connectivity index (χ4n) is 1.43. The van der Waals surface area contributed by atoms with E-state index in [2.05, 4.69) is 21.6 Å². The number of nitriles is 1. The topological polar surface area (TPSA) is 76.6 Å². The standard InChI is InChI=1S/C12H13N5OS/c1-17-12(14-15-16-17)19-9-8-18-11-4-2-10(3-5-11)6-7-13/h2-5H,6,8-9H2,1H3. The molecule has 0 aliphatic rings. The molecule has 0 unspecified atom stereocenters. The van der Waals surface area contributed by atoms with Gasteiger partial charge in [-0.2, -0.15) is 5.26 Å². The lowest BCUT2D eigenvalue weighted by Gasteiger charge is -2.05. The number of tetrazole rings is 1. The highest BCUT2D eigenvalue weighted by Crippen LogP contribution is 2.15. The molecule has 0 saturated carbocycles. The number of aryl methyl sites for hydroxylation is 1. The van der Waals surface area contributed by atoms with Crippen LogP contribution in [0.25, 0.3) is 0 Å². The summed E-state index contributed by atoms with van der Waals surface area (Å²) in [5.74, 6) is 1.58. The molecule has 1 aromatic heterocycles. The van der Waals surface area contributed by atoms with Crippen molar-refractivity contribution in [3.8, 4) is 11.8 Å². The van der Waals surface area contributed by atoms with Gasteiger partial charge in [-0.1, -0.05) is 23.9 Å². The normalized spacial score (nSPS) is 10.1. The highest BCUT2D eigenvalue weighted by Gasteiger charge is 2.02. The molecule has 6 nitrogen and oxygen atoms in total. The Balaban J connectivity index is 1.74. The smallest absolute Gasteiger partial charge is 0.209 e. The third kappa shape index (κ3) is 3.96. The number of thioether (sulfide) groups is 1. The van der Waals surface area contributed by atoms with Gasteiger partial charge in [0.05, 0.1) is 19.1 Å². The van der Waals surface area contributed by atoms with Gasteiger partial charge in [0.1, 0.15) is 5.75 Å². The third-order valence-corrected chi connectivity index (χ3v) is 3.35. The van der Waals surface area contributed by atoms with Crippen molar-refractivity contribution in [2.24, 2.45) is 7.05 Å². The van der Waals surface area contributed by atoms with Crippen molar-refractivity contribution in [2.75, 3.05) is 12.4 Å². The fraction of sp³-hybridized carbons (Fsp3) is 0.333. The van der Waals surface area contributed by atoms with Gasteiger partial charge >= 0.3 is 0 Å². The number of nitrogens with zero attached hydrogens (tertiary/aromatic N) is 5. The molecule has 1 aromatic carbocycles. The zero-order chi connectivity index (χ0) is 13.5. The minimum absolute atomic E-state index is 0.426. The van der Waals surface area contributed by atoms with Crippen LogP contribution in [-0.2, 0) is 13.5 Å². The van der Waals surface area contributed by atoms with Gasteiger partial charge < -0.3 is 4.74 Å². The quantitative estimate of drug-likeness (QED) is 0.586. The van der Waals surface area contributed by atoms with Gasteiger partial charge in [-0.05, 0) is 28.1 Å². The Labute approximate surface area is 115 Å². The average Bonchev–Trinajstić information content (AvgIpc) is 2.83. The zero-order valence-corrected chi connectivity index (χ0v) is 11.3. The van der Waals surface area contributed by atoms with E-state index in [0.717, 1.165) is 22.2 Å². The van der Waals surface area contributed by atoms with Gasteiger partial charge in [-0.3, -0.25) is 0 Å². The maximum atomic E-state index is 8.57. The largest absolute Gasteiger partial charge is 0.493 e. The molecule has 0 bridgehead atoms. The summed E-state index contributed by atoms with van der Waals surface area (Å²) in [6.45, 7) is 0.578. The Morgan fingerprint density at radius 1 is 1.37 bits per heavy atom. The van der Waals surface area contributed by atoms with Crippen LogP contribution in [0.2, 0.25) is 0 Å². The molecule has 2 aromatic rings. The second kappa shape index (κ2) is 6.75. The Bertz CT molecular complexity index is 560. The van der Waals surface area contributed by atoms with Crippen LogP contribution >= 0.6 is 11.8 Å². The second-order valence-electron chi connectivity index (χ2n) is 3.76. The zero-order valence-electron chi connectivity index (χ0n) is 10.5. The van der Waals surface area contributed by atoms with Crippen LogP contribution in [0.3, 0.4) is 0 Å². The number of ether oxygens (including phenoxy) is 1. The molecule has 0 spiro atoms. The number of aromatic nitrogens is 4. The number of benzene rings is 1. The van der Waals surface area contributed by atoms with Gasteiger partial charge in [0.15, 0.2) is 0 Å². The van der Waals surface area contributed by atoms with Gasteiger partial charge in [0.25, 0.3) is 0 Å². The third-order valence-electron chi connectivity index (χ3n) is 2.37. The molecule has 0 aliphatic carbocycles. The van der Waals surface area contributed by atoms with Crippen LogP contribution in [-0.4, -0.2) is 32.6 Å². The summed E-state index contributed by atoms with van der Waals surface area (Å²) in [5, 5.41) is 20.5. The summed E-state index contributed by atoms with van der Waals surface area (Å²) in [7, 11) is 1.80.